The lowest BCUT2D eigenvalue weighted by Gasteiger charge is -2.09. The number of halogens is 1. The highest BCUT2D eigenvalue weighted by Crippen LogP contribution is 2.21. The molecule has 5 heteroatoms. The molecule has 0 aliphatic heterocycles. The van der Waals surface area contributed by atoms with Crippen molar-refractivity contribution in [3.63, 3.8) is 0 Å². The van der Waals surface area contributed by atoms with E-state index < -0.39 is 0 Å². The molecule has 0 radical (unpaired) electrons. The second kappa shape index (κ2) is 6.26. The zero-order chi connectivity index (χ0) is 14.7. The highest BCUT2D eigenvalue weighted by Gasteiger charge is 2.20. The lowest BCUT2D eigenvalue weighted by molar-refractivity contribution is 0.305. The van der Waals surface area contributed by atoms with E-state index in [-0.39, 0.29) is 5.82 Å². The number of ether oxygens (including phenoxy) is 1. The van der Waals surface area contributed by atoms with Crippen molar-refractivity contribution in [2.45, 2.75) is 31.8 Å². The van der Waals surface area contributed by atoms with Gasteiger partial charge >= 0.3 is 0 Å². The predicted octanol–water partition coefficient (Wildman–Crippen LogP) is 2.43. The van der Waals surface area contributed by atoms with Crippen molar-refractivity contribution < 1.29 is 9.13 Å². The molecule has 1 aromatic carbocycles. The molecule has 1 aromatic heterocycles. The fourth-order valence-corrected chi connectivity index (χ4v) is 2.20. The minimum atomic E-state index is -0.295. The summed E-state index contributed by atoms with van der Waals surface area (Å²) < 4.78 is 21.2. The first-order valence-corrected chi connectivity index (χ1v) is 7.33. The minimum Gasteiger partial charge on any atom is -0.490 e. The van der Waals surface area contributed by atoms with Crippen molar-refractivity contribution in [1.29, 1.82) is 0 Å². The first-order valence-electron chi connectivity index (χ1n) is 7.33. The van der Waals surface area contributed by atoms with Crippen LogP contribution in [0.25, 0.3) is 0 Å². The maximum Gasteiger partial charge on any atom is 0.165 e. The Labute approximate surface area is 123 Å². The summed E-state index contributed by atoms with van der Waals surface area (Å²) in [5.41, 5.74) is 2.04. The average molecular weight is 289 g/mol. The van der Waals surface area contributed by atoms with Gasteiger partial charge in [-0.25, -0.2) is 4.39 Å². The highest BCUT2D eigenvalue weighted by atomic mass is 19.1. The van der Waals surface area contributed by atoms with E-state index in [2.05, 4.69) is 10.4 Å². The van der Waals surface area contributed by atoms with Gasteiger partial charge in [0.25, 0.3) is 0 Å². The number of nitrogens with one attached hydrogen (secondary N) is 1. The zero-order valence-electron chi connectivity index (χ0n) is 12.2. The molecule has 1 saturated carbocycles. The van der Waals surface area contributed by atoms with Gasteiger partial charge < -0.3 is 10.1 Å². The molecule has 0 unspecified atom stereocenters. The lowest BCUT2D eigenvalue weighted by atomic mass is 10.2. The van der Waals surface area contributed by atoms with Crippen LogP contribution in [0.5, 0.6) is 5.75 Å². The summed E-state index contributed by atoms with van der Waals surface area (Å²) in [6.45, 7) is 1.17. The molecule has 1 heterocycles. The molecule has 1 aliphatic rings. The maximum atomic E-state index is 14.0. The fourth-order valence-electron chi connectivity index (χ4n) is 2.20. The van der Waals surface area contributed by atoms with E-state index in [1.807, 2.05) is 19.3 Å². The van der Waals surface area contributed by atoms with E-state index in [9.17, 15) is 4.39 Å². The molecule has 1 aliphatic carbocycles. The van der Waals surface area contributed by atoms with Crippen molar-refractivity contribution >= 4 is 0 Å². The van der Waals surface area contributed by atoms with Crippen LogP contribution in [-0.4, -0.2) is 22.4 Å². The van der Waals surface area contributed by atoms with Crippen molar-refractivity contribution in [3.8, 4) is 5.75 Å². The standard InChI is InChI=1S/C16H20FN3O/c1-20-11-13(10-19-20)6-7-21-16-5-2-12(8-15(16)17)9-18-14-3-4-14/h2,5,8,10-11,14,18H,3-4,6-7,9H2,1H3. The van der Waals surface area contributed by atoms with Crippen LogP contribution in [-0.2, 0) is 20.0 Å². The molecule has 3 rings (SSSR count). The third-order valence-corrected chi connectivity index (χ3v) is 3.58. The van der Waals surface area contributed by atoms with E-state index in [1.54, 1.807) is 23.0 Å². The van der Waals surface area contributed by atoms with Gasteiger partial charge in [0, 0.05) is 32.3 Å². The van der Waals surface area contributed by atoms with Gasteiger partial charge in [-0.05, 0) is 36.1 Å². The van der Waals surface area contributed by atoms with Gasteiger partial charge in [0.05, 0.1) is 12.8 Å². The average Bonchev–Trinajstić information content (AvgIpc) is 3.21. The third-order valence-electron chi connectivity index (χ3n) is 3.58. The van der Waals surface area contributed by atoms with Crippen molar-refractivity contribution in [1.82, 2.24) is 15.1 Å². The van der Waals surface area contributed by atoms with Crippen LogP contribution in [0, 0.1) is 5.82 Å². The predicted molar refractivity (Wildman–Crippen MR) is 78.7 cm³/mol. The Morgan fingerprint density at radius 3 is 2.90 bits per heavy atom. The van der Waals surface area contributed by atoms with Gasteiger partial charge in [-0.2, -0.15) is 5.10 Å². The first-order chi connectivity index (χ1) is 10.2. The molecule has 112 valence electrons. The van der Waals surface area contributed by atoms with Crippen LogP contribution in [0.2, 0.25) is 0 Å². The molecule has 0 amide bonds. The Bertz CT molecular complexity index is 607. The summed E-state index contributed by atoms with van der Waals surface area (Å²) in [4.78, 5) is 0. The van der Waals surface area contributed by atoms with Crippen LogP contribution in [0.15, 0.2) is 30.6 Å². The van der Waals surface area contributed by atoms with Crippen LogP contribution >= 0.6 is 0 Å². The van der Waals surface area contributed by atoms with Crippen molar-refractivity contribution in [3.05, 3.63) is 47.5 Å². The number of hydrogen-bond donors (Lipinski definition) is 1. The van der Waals surface area contributed by atoms with E-state index >= 15 is 0 Å². The number of hydrogen-bond acceptors (Lipinski definition) is 3. The second-order valence-corrected chi connectivity index (χ2v) is 5.54. The number of benzene rings is 1. The highest BCUT2D eigenvalue weighted by molar-refractivity contribution is 5.29. The number of rotatable bonds is 7. The zero-order valence-corrected chi connectivity index (χ0v) is 12.2. The molecule has 0 spiro atoms. The summed E-state index contributed by atoms with van der Waals surface area (Å²) in [6.07, 6.45) is 6.92. The van der Waals surface area contributed by atoms with E-state index in [1.165, 1.54) is 12.8 Å². The summed E-state index contributed by atoms with van der Waals surface area (Å²) in [6, 6.07) is 5.80. The first kappa shape index (κ1) is 14.1. The monoisotopic (exact) mass is 289 g/mol. The number of nitrogens with zero attached hydrogens (tertiary/aromatic N) is 2. The molecule has 1 fully saturated rings. The maximum absolute atomic E-state index is 14.0. The molecule has 0 atom stereocenters. The Hall–Kier alpha value is -1.88. The molecule has 21 heavy (non-hydrogen) atoms. The molecule has 4 nitrogen and oxygen atoms in total. The summed E-state index contributed by atoms with van der Waals surface area (Å²) in [7, 11) is 1.87. The van der Waals surface area contributed by atoms with Crippen molar-refractivity contribution in [2.75, 3.05) is 6.61 Å². The summed E-state index contributed by atoms with van der Waals surface area (Å²) >= 11 is 0. The van der Waals surface area contributed by atoms with Gasteiger partial charge in [-0.1, -0.05) is 6.07 Å². The molecule has 2 aromatic rings. The molecule has 1 N–H and O–H groups in total. The molecular weight excluding hydrogens is 269 g/mol. The Morgan fingerprint density at radius 2 is 2.24 bits per heavy atom. The van der Waals surface area contributed by atoms with Crippen LogP contribution < -0.4 is 10.1 Å². The second-order valence-electron chi connectivity index (χ2n) is 5.54. The normalized spacial score (nSPS) is 14.4. The van der Waals surface area contributed by atoms with E-state index in [4.69, 9.17) is 4.74 Å². The molecule has 0 saturated heterocycles. The van der Waals surface area contributed by atoms with Crippen LogP contribution in [0.3, 0.4) is 0 Å². The third kappa shape index (κ3) is 4.04. The van der Waals surface area contributed by atoms with Crippen molar-refractivity contribution in [2.24, 2.45) is 7.05 Å². The van der Waals surface area contributed by atoms with Gasteiger partial charge in [-0.15, -0.1) is 0 Å². The summed E-state index contributed by atoms with van der Waals surface area (Å²) in [5.74, 6) is 0.0188. The SMILES string of the molecule is Cn1cc(CCOc2ccc(CNC3CC3)cc2F)cn1. The quantitative estimate of drug-likeness (QED) is 0.851. The van der Waals surface area contributed by atoms with E-state index in [0.717, 1.165) is 24.1 Å². The Kier molecular flexibility index (Phi) is 4.20. The topological polar surface area (TPSA) is 39.1 Å². The van der Waals surface area contributed by atoms with Gasteiger partial charge in [0.1, 0.15) is 0 Å². The van der Waals surface area contributed by atoms with Crippen LogP contribution in [0.1, 0.15) is 24.0 Å². The Morgan fingerprint density at radius 1 is 1.38 bits per heavy atom. The van der Waals surface area contributed by atoms with E-state index in [0.29, 0.717) is 18.4 Å². The number of aromatic nitrogens is 2. The Balaban J connectivity index is 1.50. The summed E-state index contributed by atoms with van der Waals surface area (Å²) in [5, 5.41) is 7.46. The van der Waals surface area contributed by atoms with Gasteiger partial charge in [-0.3, -0.25) is 4.68 Å². The molecular formula is C16H20FN3O. The lowest BCUT2D eigenvalue weighted by Crippen LogP contribution is -2.15. The minimum absolute atomic E-state index is 0.295. The largest absolute Gasteiger partial charge is 0.490 e. The van der Waals surface area contributed by atoms with Crippen LogP contribution in [0.4, 0.5) is 4.39 Å². The number of aryl methyl sites for hydroxylation is 1. The fraction of sp³-hybridized carbons (Fsp3) is 0.438. The molecule has 0 bridgehead atoms. The van der Waals surface area contributed by atoms with Gasteiger partial charge in [0.15, 0.2) is 11.6 Å². The smallest absolute Gasteiger partial charge is 0.165 e. The van der Waals surface area contributed by atoms with Gasteiger partial charge in [0.2, 0.25) is 0 Å².